The molecule has 0 bridgehead atoms. The van der Waals surface area contributed by atoms with Crippen molar-refractivity contribution in [2.45, 2.75) is 0 Å². The van der Waals surface area contributed by atoms with E-state index in [1.165, 1.54) is 30.0 Å². The molecule has 29 heavy (non-hydrogen) atoms. The van der Waals surface area contributed by atoms with E-state index in [-0.39, 0.29) is 11.8 Å². The number of amides is 1. The summed E-state index contributed by atoms with van der Waals surface area (Å²) in [5, 5.41) is 14.7. The number of benzene rings is 1. The van der Waals surface area contributed by atoms with Crippen LogP contribution in [0.5, 0.6) is 0 Å². The van der Waals surface area contributed by atoms with E-state index in [4.69, 9.17) is 4.42 Å². The lowest BCUT2D eigenvalue weighted by atomic mass is 10.2. The summed E-state index contributed by atoms with van der Waals surface area (Å²) in [7, 11) is 0. The molecule has 0 saturated carbocycles. The van der Waals surface area contributed by atoms with Crippen LogP contribution in [0.4, 0.5) is 11.6 Å². The highest BCUT2D eigenvalue weighted by Gasteiger charge is 2.23. The Hall–Kier alpha value is -3.24. The molecule has 0 atom stereocenters. The fourth-order valence-corrected chi connectivity index (χ4v) is 3.82. The van der Waals surface area contributed by atoms with Crippen molar-refractivity contribution in [3.05, 3.63) is 80.0 Å². The second kappa shape index (κ2) is 8.02. The lowest BCUT2D eigenvalue weighted by Gasteiger charge is -2.03. The van der Waals surface area contributed by atoms with Gasteiger partial charge >= 0.3 is 5.88 Å². The zero-order valence-corrected chi connectivity index (χ0v) is 16.9. The quantitative estimate of drug-likeness (QED) is 0.328. The summed E-state index contributed by atoms with van der Waals surface area (Å²) in [4.78, 5) is 31.5. The highest BCUT2D eigenvalue weighted by molar-refractivity contribution is 9.10. The summed E-state index contributed by atoms with van der Waals surface area (Å²) in [5.41, 5.74) is 1.37. The molecule has 1 aromatic carbocycles. The monoisotopic (exact) mass is 470 g/mol. The number of nitrogens with one attached hydrogen (secondary N) is 1. The summed E-state index contributed by atoms with van der Waals surface area (Å²) < 4.78 is 5.94. The van der Waals surface area contributed by atoms with Gasteiger partial charge in [-0.15, -0.1) is 0 Å². The third-order valence-electron chi connectivity index (χ3n) is 3.87. The first-order valence-electron chi connectivity index (χ1n) is 8.25. The van der Waals surface area contributed by atoms with E-state index in [0.29, 0.717) is 21.5 Å². The van der Waals surface area contributed by atoms with Crippen molar-refractivity contribution in [1.82, 2.24) is 10.3 Å². The largest absolute Gasteiger partial charge is 0.433 e. The van der Waals surface area contributed by atoms with Crippen molar-refractivity contribution in [3.8, 4) is 0 Å². The number of aliphatic imine (C=N–C) groups is 1. The standard InChI is InChI=1S/C19H11BrN4O4S/c20-13-7-8-14(17-12(13)4-2-10-21-17)22-19-23-18(25)15(29-19)5-1-3-11-6-9-16(28-11)24(26)27/h1-10H,(H,22,23,25)/b3-1+,15-5-. The van der Waals surface area contributed by atoms with Gasteiger partial charge < -0.3 is 9.73 Å². The molecule has 4 rings (SSSR count). The lowest BCUT2D eigenvalue weighted by Crippen LogP contribution is -2.19. The lowest BCUT2D eigenvalue weighted by molar-refractivity contribution is -0.402. The molecule has 1 aliphatic heterocycles. The topological polar surface area (TPSA) is 111 Å². The predicted octanol–water partition coefficient (Wildman–Crippen LogP) is 4.95. The molecule has 1 aliphatic rings. The van der Waals surface area contributed by atoms with E-state index >= 15 is 0 Å². The van der Waals surface area contributed by atoms with Crippen molar-refractivity contribution < 1.29 is 14.1 Å². The summed E-state index contributed by atoms with van der Waals surface area (Å²) in [5.74, 6) is -0.300. The normalized spacial score (nSPS) is 16.9. The predicted molar refractivity (Wildman–Crippen MR) is 115 cm³/mol. The molecular formula is C19H11BrN4O4S. The van der Waals surface area contributed by atoms with Crippen LogP contribution in [0.15, 0.2) is 73.5 Å². The minimum absolute atomic E-state index is 0.279. The number of carbonyl (C=O) groups is 1. The first-order chi connectivity index (χ1) is 14.0. The third kappa shape index (κ3) is 4.13. The van der Waals surface area contributed by atoms with Gasteiger partial charge in [0.05, 0.1) is 22.2 Å². The number of allylic oxidation sites excluding steroid dienone is 2. The Labute approximate surface area is 176 Å². The zero-order valence-electron chi connectivity index (χ0n) is 14.5. The van der Waals surface area contributed by atoms with Crippen LogP contribution in [0, 0.1) is 10.1 Å². The Morgan fingerprint density at radius 1 is 1.28 bits per heavy atom. The van der Waals surface area contributed by atoms with E-state index in [1.54, 1.807) is 18.3 Å². The number of amidine groups is 1. The summed E-state index contributed by atoms with van der Waals surface area (Å²) in [6, 6.07) is 10.2. The maximum absolute atomic E-state index is 12.2. The Kier molecular flexibility index (Phi) is 5.28. The molecule has 3 heterocycles. The number of carbonyl (C=O) groups excluding carboxylic acids is 1. The molecule has 2 aromatic heterocycles. The van der Waals surface area contributed by atoms with Gasteiger partial charge in [-0.05, 0) is 48.2 Å². The Morgan fingerprint density at radius 3 is 2.93 bits per heavy atom. The van der Waals surface area contributed by atoms with Gasteiger partial charge in [-0.25, -0.2) is 4.99 Å². The van der Waals surface area contributed by atoms with Gasteiger partial charge in [0, 0.05) is 16.1 Å². The molecule has 3 aromatic rings. The molecule has 10 heteroatoms. The SMILES string of the molecule is O=C1NC(=Nc2ccc(Br)c3cccnc23)S/C1=C\C=C\c1ccc([N+](=O)[O-])o1. The summed E-state index contributed by atoms with van der Waals surface area (Å²) in [6.07, 6.45) is 6.40. The van der Waals surface area contributed by atoms with Gasteiger partial charge in [0.25, 0.3) is 5.91 Å². The molecule has 1 N–H and O–H groups in total. The number of hydrogen-bond donors (Lipinski definition) is 1. The molecule has 0 unspecified atom stereocenters. The first-order valence-corrected chi connectivity index (χ1v) is 9.86. The minimum Gasteiger partial charge on any atom is -0.401 e. The molecule has 1 saturated heterocycles. The van der Waals surface area contributed by atoms with E-state index < -0.39 is 4.92 Å². The average molecular weight is 471 g/mol. The molecule has 0 spiro atoms. The highest BCUT2D eigenvalue weighted by atomic mass is 79.9. The van der Waals surface area contributed by atoms with Crippen LogP contribution >= 0.6 is 27.7 Å². The number of aromatic nitrogens is 1. The Morgan fingerprint density at radius 2 is 2.14 bits per heavy atom. The molecule has 144 valence electrons. The van der Waals surface area contributed by atoms with Gasteiger partial charge in [-0.3, -0.25) is 19.9 Å². The number of nitrogens with zero attached hydrogens (tertiary/aromatic N) is 3. The number of fused-ring (bicyclic) bond motifs is 1. The van der Waals surface area contributed by atoms with Crippen LogP contribution < -0.4 is 5.32 Å². The number of halogens is 1. The number of thioether (sulfide) groups is 1. The summed E-state index contributed by atoms with van der Waals surface area (Å²) in [6.45, 7) is 0. The molecule has 0 aliphatic carbocycles. The second-order valence-corrected chi connectivity index (χ2v) is 7.65. The third-order valence-corrected chi connectivity index (χ3v) is 5.49. The smallest absolute Gasteiger partial charge is 0.401 e. The highest BCUT2D eigenvalue weighted by Crippen LogP contribution is 2.32. The van der Waals surface area contributed by atoms with Crippen molar-refractivity contribution >= 4 is 67.3 Å². The van der Waals surface area contributed by atoms with Crippen LogP contribution in [-0.2, 0) is 4.79 Å². The fourth-order valence-electron chi connectivity index (χ4n) is 2.58. The van der Waals surface area contributed by atoms with Gasteiger partial charge in [-0.1, -0.05) is 28.1 Å². The second-order valence-electron chi connectivity index (χ2n) is 5.76. The van der Waals surface area contributed by atoms with E-state index in [2.05, 4.69) is 31.2 Å². The van der Waals surface area contributed by atoms with E-state index in [0.717, 1.165) is 15.4 Å². The van der Waals surface area contributed by atoms with E-state index in [1.807, 2.05) is 24.3 Å². The Balaban J connectivity index is 1.55. The number of furan rings is 1. The zero-order chi connectivity index (χ0) is 20.4. The summed E-state index contributed by atoms with van der Waals surface area (Å²) >= 11 is 4.69. The van der Waals surface area contributed by atoms with Gasteiger partial charge in [-0.2, -0.15) is 0 Å². The van der Waals surface area contributed by atoms with Gasteiger partial charge in [0.2, 0.25) is 0 Å². The maximum atomic E-state index is 12.2. The van der Waals surface area contributed by atoms with Crippen LogP contribution in [0.1, 0.15) is 5.76 Å². The average Bonchev–Trinajstić information content (AvgIpc) is 3.31. The van der Waals surface area contributed by atoms with E-state index in [9.17, 15) is 14.9 Å². The molecular weight excluding hydrogens is 460 g/mol. The molecule has 0 radical (unpaired) electrons. The van der Waals surface area contributed by atoms with Crippen LogP contribution in [0.25, 0.3) is 17.0 Å². The van der Waals surface area contributed by atoms with Gasteiger partial charge in [0.15, 0.2) is 5.17 Å². The number of rotatable bonds is 4. The minimum atomic E-state index is -0.612. The van der Waals surface area contributed by atoms with Crippen molar-refractivity contribution in [3.63, 3.8) is 0 Å². The van der Waals surface area contributed by atoms with Crippen molar-refractivity contribution in [2.75, 3.05) is 0 Å². The van der Waals surface area contributed by atoms with Crippen molar-refractivity contribution in [1.29, 1.82) is 0 Å². The van der Waals surface area contributed by atoms with Gasteiger partial charge in [0.1, 0.15) is 10.7 Å². The van der Waals surface area contributed by atoms with Crippen LogP contribution in [0.3, 0.4) is 0 Å². The maximum Gasteiger partial charge on any atom is 0.433 e. The fraction of sp³-hybridized carbons (Fsp3) is 0. The Bertz CT molecular complexity index is 1230. The van der Waals surface area contributed by atoms with Crippen molar-refractivity contribution in [2.24, 2.45) is 4.99 Å². The van der Waals surface area contributed by atoms with Crippen LogP contribution in [-0.4, -0.2) is 21.0 Å². The first kappa shape index (κ1) is 19.1. The number of hydrogen-bond acceptors (Lipinski definition) is 7. The molecule has 1 amide bonds. The molecule has 8 nitrogen and oxygen atoms in total. The van der Waals surface area contributed by atoms with Crippen LogP contribution in [0.2, 0.25) is 0 Å². The molecule has 1 fully saturated rings. The number of pyridine rings is 1. The number of nitro groups is 1.